The van der Waals surface area contributed by atoms with Gasteiger partial charge >= 0.3 is 0 Å². The van der Waals surface area contributed by atoms with Gasteiger partial charge in [0.05, 0.1) is 5.60 Å². The predicted molar refractivity (Wildman–Crippen MR) is 78.5 cm³/mol. The van der Waals surface area contributed by atoms with Gasteiger partial charge in [-0.1, -0.05) is 36.4 Å². The molecule has 1 unspecified atom stereocenters. The zero-order chi connectivity index (χ0) is 13.4. The number of ketones is 1. The van der Waals surface area contributed by atoms with E-state index in [1.807, 2.05) is 25.1 Å². The Labute approximate surface area is 113 Å². The Balaban J connectivity index is 2.59. The first kappa shape index (κ1) is 14.9. The maximum Gasteiger partial charge on any atom is 0.155 e. The van der Waals surface area contributed by atoms with Crippen LogP contribution in [0.15, 0.2) is 42.5 Å². The van der Waals surface area contributed by atoms with E-state index in [0.717, 1.165) is 12.8 Å². The van der Waals surface area contributed by atoms with E-state index in [9.17, 15) is 4.79 Å². The van der Waals surface area contributed by atoms with Crippen LogP contribution < -0.4 is 0 Å². The zero-order valence-electron chi connectivity index (χ0n) is 11.5. The van der Waals surface area contributed by atoms with Crippen molar-refractivity contribution >= 4 is 16.3 Å². The highest BCUT2D eigenvalue weighted by Gasteiger charge is 2.24. The summed E-state index contributed by atoms with van der Waals surface area (Å²) in [6.07, 6.45) is 5.77. The zero-order valence-corrected chi connectivity index (χ0v) is 13.5. The molecule has 0 bridgehead atoms. The minimum Gasteiger partial charge on any atom is -0.419 e. The monoisotopic (exact) mass is 262 g/mol. The Morgan fingerprint density at radius 3 is 2.61 bits per heavy atom. The Morgan fingerprint density at radius 1 is 1.39 bits per heavy atom. The molecule has 0 radical (unpaired) electrons. The lowest BCUT2D eigenvalue weighted by Gasteiger charge is -2.29. The van der Waals surface area contributed by atoms with E-state index in [1.165, 1.54) is 5.56 Å². The lowest BCUT2D eigenvalue weighted by molar-refractivity contribution is -0.114. The van der Waals surface area contributed by atoms with E-state index in [1.54, 1.807) is 12.2 Å². The highest BCUT2D eigenvalue weighted by molar-refractivity contribution is 5.98. The van der Waals surface area contributed by atoms with Crippen molar-refractivity contribution in [2.24, 2.45) is 0 Å². The lowest BCUT2D eigenvalue weighted by atomic mass is 9.90. The molecule has 0 aliphatic heterocycles. The highest BCUT2D eigenvalue weighted by Crippen LogP contribution is 2.29. The van der Waals surface area contributed by atoms with E-state index in [2.05, 4.69) is 19.1 Å². The van der Waals surface area contributed by atoms with Crippen molar-refractivity contribution in [3.05, 3.63) is 48.0 Å². The Morgan fingerprint density at radius 2 is 2.06 bits per heavy atom. The predicted octanol–water partition coefficient (Wildman–Crippen LogP) is 2.51. The van der Waals surface area contributed by atoms with E-state index < -0.39 is 0 Å². The summed E-state index contributed by atoms with van der Waals surface area (Å²) in [7, 11) is 0.697. The highest BCUT2D eigenvalue weighted by atomic mass is 28.2. The molecule has 0 aliphatic carbocycles. The fourth-order valence-electron chi connectivity index (χ4n) is 2.02. The van der Waals surface area contributed by atoms with Crippen LogP contribution in [0.4, 0.5) is 0 Å². The lowest BCUT2D eigenvalue weighted by Crippen LogP contribution is -2.25. The summed E-state index contributed by atoms with van der Waals surface area (Å²) in [4.78, 5) is 11.4. The van der Waals surface area contributed by atoms with Crippen LogP contribution in [0.25, 0.3) is 0 Å². The number of carbonyl (C=O) groups is 1. The maximum absolute atomic E-state index is 11.4. The summed E-state index contributed by atoms with van der Waals surface area (Å²) in [6.45, 7) is 3.97. The SMILES string of the molecule is CC=CC(=O)CCCC(C)(O[SiH3])c1ccccc1. The van der Waals surface area contributed by atoms with Gasteiger partial charge in [0.15, 0.2) is 5.78 Å². The third-order valence-electron chi connectivity index (χ3n) is 3.26. The van der Waals surface area contributed by atoms with E-state index in [-0.39, 0.29) is 11.4 Å². The van der Waals surface area contributed by atoms with Gasteiger partial charge in [-0.3, -0.25) is 4.79 Å². The van der Waals surface area contributed by atoms with Crippen LogP contribution in [0.1, 0.15) is 38.7 Å². The molecule has 18 heavy (non-hydrogen) atoms. The normalized spacial score (nSPS) is 14.8. The first-order valence-electron chi connectivity index (χ1n) is 6.38. The fraction of sp³-hybridized carbons (Fsp3) is 0.400. The van der Waals surface area contributed by atoms with Gasteiger partial charge in [0.1, 0.15) is 10.5 Å². The van der Waals surface area contributed by atoms with Crippen molar-refractivity contribution in [1.29, 1.82) is 0 Å². The summed E-state index contributed by atoms with van der Waals surface area (Å²) >= 11 is 0. The summed E-state index contributed by atoms with van der Waals surface area (Å²) in [5, 5.41) is 0. The molecule has 0 spiro atoms. The summed E-state index contributed by atoms with van der Waals surface area (Å²) < 4.78 is 5.78. The average molecular weight is 262 g/mol. The largest absolute Gasteiger partial charge is 0.419 e. The Bertz CT molecular complexity index is 400. The molecule has 1 rings (SSSR count). The molecule has 0 N–H and O–H groups in total. The van der Waals surface area contributed by atoms with Crippen LogP contribution >= 0.6 is 0 Å². The molecule has 3 heteroatoms. The van der Waals surface area contributed by atoms with Crippen molar-refractivity contribution in [3.8, 4) is 0 Å². The van der Waals surface area contributed by atoms with Gasteiger partial charge in [-0.05, 0) is 38.3 Å². The van der Waals surface area contributed by atoms with Crippen LogP contribution in [0.3, 0.4) is 0 Å². The standard InChI is InChI=1S/C15H22O2Si/c1-3-8-14(16)11-7-12-15(2,17-18)13-9-5-4-6-10-13/h3-6,8-10H,7,11-12H2,1-2,18H3. The van der Waals surface area contributed by atoms with Crippen molar-refractivity contribution in [2.45, 2.75) is 38.7 Å². The summed E-state index contributed by atoms with van der Waals surface area (Å²) in [5.74, 6) is 0.196. The minimum atomic E-state index is -0.246. The van der Waals surface area contributed by atoms with Gasteiger partial charge < -0.3 is 4.43 Å². The molecule has 0 aliphatic rings. The smallest absolute Gasteiger partial charge is 0.155 e. The Hall–Kier alpha value is -1.19. The maximum atomic E-state index is 11.4. The van der Waals surface area contributed by atoms with Crippen molar-refractivity contribution in [1.82, 2.24) is 0 Å². The molecule has 2 nitrogen and oxygen atoms in total. The fourth-order valence-corrected chi connectivity index (χ4v) is 2.46. The van der Waals surface area contributed by atoms with Gasteiger partial charge in [0.2, 0.25) is 0 Å². The van der Waals surface area contributed by atoms with Gasteiger partial charge in [-0.15, -0.1) is 0 Å². The van der Waals surface area contributed by atoms with E-state index >= 15 is 0 Å². The first-order valence-corrected chi connectivity index (χ1v) is 7.20. The molecule has 0 heterocycles. The van der Waals surface area contributed by atoms with Crippen LogP contribution in [0.5, 0.6) is 0 Å². The van der Waals surface area contributed by atoms with Crippen LogP contribution in [0, 0.1) is 0 Å². The van der Waals surface area contributed by atoms with Gasteiger partial charge in [0, 0.05) is 6.42 Å². The molecule has 0 amide bonds. The van der Waals surface area contributed by atoms with Crippen LogP contribution in [0.2, 0.25) is 0 Å². The van der Waals surface area contributed by atoms with Crippen molar-refractivity contribution < 1.29 is 9.22 Å². The minimum absolute atomic E-state index is 0.196. The average Bonchev–Trinajstić information content (AvgIpc) is 2.40. The first-order chi connectivity index (χ1) is 8.62. The molecule has 0 saturated carbocycles. The Kier molecular flexibility index (Phi) is 6.02. The van der Waals surface area contributed by atoms with Gasteiger partial charge in [-0.2, -0.15) is 0 Å². The van der Waals surface area contributed by atoms with E-state index in [0.29, 0.717) is 16.9 Å². The second-order valence-electron chi connectivity index (χ2n) is 4.62. The summed E-state index contributed by atoms with van der Waals surface area (Å²) in [6, 6.07) is 10.2. The second kappa shape index (κ2) is 7.29. The third-order valence-corrected chi connectivity index (χ3v) is 4.17. The molecule has 0 saturated heterocycles. The number of rotatable bonds is 7. The second-order valence-corrected chi connectivity index (χ2v) is 5.03. The van der Waals surface area contributed by atoms with Gasteiger partial charge in [-0.25, -0.2) is 0 Å². The molecule has 98 valence electrons. The molecule has 1 aromatic carbocycles. The number of benzene rings is 1. The third kappa shape index (κ3) is 4.24. The number of carbonyl (C=O) groups excluding carboxylic acids is 1. The topological polar surface area (TPSA) is 26.3 Å². The van der Waals surface area contributed by atoms with Crippen LogP contribution in [-0.4, -0.2) is 16.3 Å². The van der Waals surface area contributed by atoms with Gasteiger partial charge in [0.25, 0.3) is 0 Å². The van der Waals surface area contributed by atoms with Crippen LogP contribution in [-0.2, 0) is 14.8 Å². The molecule has 0 aromatic heterocycles. The molecule has 1 aromatic rings. The summed E-state index contributed by atoms with van der Waals surface area (Å²) in [5.41, 5.74) is 0.947. The van der Waals surface area contributed by atoms with E-state index in [4.69, 9.17) is 4.43 Å². The molecule has 0 fully saturated rings. The van der Waals surface area contributed by atoms with Crippen molar-refractivity contribution in [3.63, 3.8) is 0 Å². The molecular formula is C15H22O2Si. The number of allylic oxidation sites excluding steroid dienone is 2. The number of hydrogen-bond donors (Lipinski definition) is 0. The quantitative estimate of drug-likeness (QED) is 0.557. The molecular weight excluding hydrogens is 240 g/mol. The number of hydrogen-bond acceptors (Lipinski definition) is 2. The van der Waals surface area contributed by atoms with Crippen molar-refractivity contribution in [2.75, 3.05) is 0 Å². The molecule has 1 atom stereocenters.